The van der Waals surface area contributed by atoms with Gasteiger partial charge in [0.05, 0.1) is 19.3 Å². The lowest BCUT2D eigenvalue weighted by atomic mass is 10.0. The zero-order valence-corrected chi connectivity index (χ0v) is 13.7. The van der Waals surface area contributed by atoms with Crippen molar-refractivity contribution in [2.45, 2.75) is 37.5 Å². The van der Waals surface area contributed by atoms with Crippen molar-refractivity contribution >= 4 is 6.03 Å². The molecule has 2 aliphatic heterocycles. The molecule has 0 unspecified atom stereocenters. The van der Waals surface area contributed by atoms with Crippen molar-refractivity contribution in [2.24, 2.45) is 5.92 Å². The van der Waals surface area contributed by atoms with E-state index >= 15 is 0 Å². The molecule has 4 rings (SSSR count). The van der Waals surface area contributed by atoms with Crippen LogP contribution in [-0.4, -0.2) is 43.0 Å². The maximum atomic E-state index is 13.1. The first kappa shape index (κ1) is 15.8. The molecule has 5 nitrogen and oxygen atoms in total. The van der Waals surface area contributed by atoms with Crippen LogP contribution in [-0.2, 0) is 9.47 Å². The van der Waals surface area contributed by atoms with Crippen LogP contribution in [0.3, 0.4) is 0 Å². The summed E-state index contributed by atoms with van der Waals surface area (Å²) in [5.41, 5.74) is 0.975. The van der Waals surface area contributed by atoms with E-state index in [1.165, 1.54) is 12.1 Å². The van der Waals surface area contributed by atoms with Gasteiger partial charge in [-0.1, -0.05) is 12.1 Å². The fraction of sp³-hybridized carbons (Fsp3) is 0.611. The molecular weight excluding hydrogens is 311 g/mol. The number of piperidine rings is 1. The molecule has 1 aliphatic carbocycles. The molecular formula is C18H23FN2O3. The van der Waals surface area contributed by atoms with E-state index in [9.17, 15) is 9.18 Å². The SMILES string of the molecule is O=C(N[C@@H](c1ccc(F)cc1)C1CC1)N1CCC2(CC1)OCCO2. The molecule has 1 spiro atoms. The van der Waals surface area contributed by atoms with E-state index in [4.69, 9.17) is 9.47 Å². The largest absolute Gasteiger partial charge is 0.347 e. The maximum Gasteiger partial charge on any atom is 0.317 e. The number of carbonyl (C=O) groups excluding carboxylic acids is 1. The molecule has 1 atom stereocenters. The number of nitrogens with one attached hydrogen (secondary N) is 1. The van der Waals surface area contributed by atoms with Gasteiger partial charge in [0, 0.05) is 25.9 Å². The van der Waals surface area contributed by atoms with Crippen LogP contribution < -0.4 is 5.32 Å². The summed E-state index contributed by atoms with van der Waals surface area (Å²) < 4.78 is 24.6. The van der Waals surface area contributed by atoms with Gasteiger partial charge >= 0.3 is 6.03 Å². The van der Waals surface area contributed by atoms with Crippen molar-refractivity contribution in [3.8, 4) is 0 Å². The number of hydrogen-bond donors (Lipinski definition) is 1. The summed E-state index contributed by atoms with van der Waals surface area (Å²) in [6.45, 7) is 2.54. The van der Waals surface area contributed by atoms with Crippen molar-refractivity contribution < 1.29 is 18.7 Å². The Morgan fingerprint density at radius 3 is 2.38 bits per heavy atom. The molecule has 6 heteroatoms. The van der Waals surface area contributed by atoms with Gasteiger partial charge in [-0.15, -0.1) is 0 Å². The second-order valence-corrected chi connectivity index (χ2v) is 6.91. The first-order valence-electron chi connectivity index (χ1n) is 8.74. The number of benzene rings is 1. The van der Waals surface area contributed by atoms with E-state index in [2.05, 4.69) is 5.32 Å². The summed E-state index contributed by atoms with van der Waals surface area (Å²) in [5, 5.41) is 3.15. The Labute approximate surface area is 141 Å². The van der Waals surface area contributed by atoms with Crippen molar-refractivity contribution in [1.82, 2.24) is 10.2 Å². The number of amides is 2. The van der Waals surface area contributed by atoms with E-state index in [0.717, 1.165) is 18.4 Å². The van der Waals surface area contributed by atoms with Gasteiger partial charge in [0.15, 0.2) is 5.79 Å². The Bertz CT molecular complexity index is 587. The summed E-state index contributed by atoms with van der Waals surface area (Å²) in [6.07, 6.45) is 3.64. The van der Waals surface area contributed by atoms with Crippen LogP contribution in [0.4, 0.5) is 9.18 Å². The van der Waals surface area contributed by atoms with Crippen LogP contribution in [0, 0.1) is 11.7 Å². The highest BCUT2D eigenvalue weighted by Gasteiger charge is 2.41. The fourth-order valence-corrected chi connectivity index (χ4v) is 3.63. The molecule has 2 heterocycles. The van der Waals surface area contributed by atoms with Crippen molar-refractivity contribution in [3.63, 3.8) is 0 Å². The van der Waals surface area contributed by atoms with Gasteiger partial charge in [0.1, 0.15) is 5.82 Å². The minimum absolute atomic E-state index is 0.0343. The number of nitrogens with zero attached hydrogens (tertiary/aromatic N) is 1. The fourth-order valence-electron chi connectivity index (χ4n) is 3.63. The normalized spacial score (nSPS) is 24.1. The minimum Gasteiger partial charge on any atom is -0.347 e. The number of urea groups is 1. The minimum atomic E-state index is -0.469. The topological polar surface area (TPSA) is 50.8 Å². The van der Waals surface area contributed by atoms with Gasteiger partial charge < -0.3 is 19.7 Å². The molecule has 3 fully saturated rings. The number of ether oxygens (including phenoxy) is 2. The van der Waals surface area contributed by atoms with E-state index in [-0.39, 0.29) is 17.9 Å². The highest BCUT2D eigenvalue weighted by Crippen LogP contribution is 2.41. The first-order chi connectivity index (χ1) is 11.7. The third kappa shape index (κ3) is 3.26. The number of hydrogen-bond acceptors (Lipinski definition) is 3. The summed E-state index contributed by atoms with van der Waals surface area (Å²) in [7, 11) is 0. The molecule has 1 N–H and O–H groups in total. The molecule has 0 aromatic heterocycles. The monoisotopic (exact) mass is 334 g/mol. The summed E-state index contributed by atoms with van der Waals surface area (Å²) in [6, 6.07) is 6.36. The molecule has 2 saturated heterocycles. The van der Waals surface area contributed by atoms with Crippen molar-refractivity contribution in [2.75, 3.05) is 26.3 Å². The second kappa shape index (κ2) is 6.33. The Kier molecular flexibility index (Phi) is 4.18. The van der Waals surface area contributed by atoms with E-state index < -0.39 is 5.79 Å². The maximum absolute atomic E-state index is 13.1. The summed E-state index contributed by atoms with van der Waals surface area (Å²) >= 11 is 0. The average molecular weight is 334 g/mol. The van der Waals surface area contributed by atoms with Gasteiger partial charge in [-0.2, -0.15) is 0 Å². The average Bonchev–Trinajstić information content (AvgIpc) is 3.35. The lowest BCUT2D eigenvalue weighted by Gasteiger charge is -2.38. The predicted octanol–water partition coefficient (Wildman–Crippen LogP) is 2.83. The van der Waals surface area contributed by atoms with E-state index in [0.29, 0.717) is 45.1 Å². The highest BCUT2D eigenvalue weighted by molar-refractivity contribution is 5.75. The molecule has 130 valence electrons. The van der Waals surface area contributed by atoms with Gasteiger partial charge in [0.25, 0.3) is 0 Å². The van der Waals surface area contributed by atoms with Crippen LogP contribution in [0.15, 0.2) is 24.3 Å². The zero-order chi connectivity index (χ0) is 16.6. The van der Waals surface area contributed by atoms with Crippen molar-refractivity contribution in [1.29, 1.82) is 0 Å². The van der Waals surface area contributed by atoms with Gasteiger partial charge in [0.2, 0.25) is 0 Å². The third-order valence-corrected chi connectivity index (χ3v) is 5.23. The molecule has 1 aromatic rings. The molecule has 3 aliphatic rings. The Hall–Kier alpha value is -1.66. The molecule has 0 radical (unpaired) electrons. The van der Waals surface area contributed by atoms with Gasteiger partial charge in [-0.3, -0.25) is 0 Å². The van der Waals surface area contributed by atoms with Gasteiger partial charge in [-0.25, -0.2) is 9.18 Å². The van der Waals surface area contributed by atoms with Crippen LogP contribution in [0.1, 0.15) is 37.3 Å². The second-order valence-electron chi connectivity index (χ2n) is 6.91. The van der Waals surface area contributed by atoms with E-state index in [1.807, 2.05) is 4.90 Å². The van der Waals surface area contributed by atoms with Crippen molar-refractivity contribution in [3.05, 3.63) is 35.6 Å². The molecule has 1 aromatic carbocycles. The summed E-state index contributed by atoms with van der Waals surface area (Å²) in [4.78, 5) is 14.5. The third-order valence-electron chi connectivity index (χ3n) is 5.23. The Morgan fingerprint density at radius 1 is 1.17 bits per heavy atom. The van der Waals surface area contributed by atoms with Crippen LogP contribution in [0.25, 0.3) is 0 Å². The Morgan fingerprint density at radius 2 is 1.79 bits per heavy atom. The molecule has 0 bridgehead atoms. The standard InChI is InChI=1S/C18H23FN2O3/c19-15-5-3-14(4-6-15)16(13-1-2-13)20-17(22)21-9-7-18(8-10-21)23-11-12-24-18/h3-6,13,16H,1-2,7-12H2,(H,20,22)/t16-/m1/s1. The number of halogens is 1. The Balaban J connectivity index is 1.38. The number of likely N-dealkylation sites (tertiary alicyclic amines) is 1. The molecule has 24 heavy (non-hydrogen) atoms. The van der Waals surface area contributed by atoms with Crippen LogP contribution in [0.2, 0.25) is 0 Å². The smallest absolute Gasteiger partial charge is 0.317 e. The van der Waals surface area contributed by atoms with Gasteiger partial charge in [-0.05, 0) is 36.5 Å². The zero-order valence-electron chi connectivity index (χ0n) is 13.7. The molecule has 1 saturated carbocycles. The first-order valence-corrected chi connectivity index (χ1v) is 8.74. The summed E-state index contributed by atoms with van der Waals surface area (Å²) in [5.74, 6) is -0.265. The predicted molar refractivity (Wildman–Crippen MR) is 85.8 cm³/mol. The van der Waals surface area contributed by atoms with Crippen LogP contribution >= 0.6 is 0 Å². The number of rotatable bonds is 3. The van der Waals surface area contributed by atoms with E-state index in [1.54, 1.807) is 12.1 Å². The van der Waals surface area contributed by atoms with Crippen LogP contribution in [0.5, 0.6) is 0 Å². The number of carbonyl (C=O) groups is 1. The quantitative estimate of drug-likeness (QED) is 0.925. The molecule has 2 amide bonds. The lowest BCUT2D eigenvalue weighted by molar-refractivity contribution is -0.181. The lowest BCUT2D eigenvalue weighted by Crippen LogP contribution is -2.51. The highest BCUT2D eigenvalue weighted by atomic mass is 19.1.